The highest BCUT2D eigenvalue weighted by molar-refractivity contribution is 7.88. The molecule has 0 amide bonds. The van der Waals surface area contributed by atoms with Crippen molar-refractivity contribution in [2.75, 3.05) is 37.4 Å². The SMILES string of the molecule is CCc1cc(N2CCOC(CNS(C)(=O)=O)C2)n2ncnc2n1. The third-order valence-corrected chi connectivity index (χ3v) is 4.38. The smallest absolute Gasteiger partial charge is 0.254 e. The van der Waals surface area contributed by atoms with Crippen molar-refractivity contribution in [3.63, 3.8) is 0 Å². The van der Waals surface area contributed by atoms with Gasteiger partial charge in [-0.3, -0.25) is 0 Å². The Hall–Kier alpha value is -1.78. The van der Waals surface area contributed by atoms with Crippen LogP contribution in [0.2, 0.25) is 0 Å². The van der Waals surface area contributed by atoms with Gasteiger partial charge in [0.15, 0.2) is 0 Å². The summed E-state index contributed by atoms with van der Waals surface area (Å²) in [4.78, 5) is 10.7. The van der Waals surface area contributed by atoms with Gasteiger partial charge >= 0.3 is 0 Å². The quantitative estimate of drug-likeness (QED) is 0.778. The zero-order chi connectivity index (χ0) is 16.4. The molecule has 2 aromatic heterocycles. The maximum absolute atomic E-state index is 11.2. The Labute approximate surface area is 134 Å². The van der Waals surface area contributed by atoms with E-state index in [-0.39, 0.29) is 12.6 Å². The number of nitrogens with one attached hydrogen (secondary N) is 1. The molecule has 1 aliphatic heterocycles. The second-order valence-corrected chi connectivity index (χ2v) is 7.32. The van der Waals surface area contributed by atoms with E-state index in [0.717, 1.165) is 24.2 Å². The summed E-state index contributed by atoms with van der Waals surface area (Å²) in [6.07, 6.45) is 3.21. The molecule has 1 N–H and O–H groups in total. The van der Waals surface area contributed by atoms with Crippen molar-refractivity contribution in [3.8, 4) is 0 Å². The van der Waals surface area contributed by atoms with Gasteiger partial charge in [-0.15, -0.1) is 0 Å². The average Bonchev–Trinajstić information content (AvgIpc) is 3.00. The van der Waals surface area contributed by atoms with E-state index >= 15 is 0 Å². The van der Waals surface area contributed by atoms with Gasteiger partial charge in [-0.1, -0.05) is 6.92 Å². The average molecular weight is 340 g/mol. The molecule has 3 heterocycles. The van der Waals surface area contributed by atoms with E-state index in [2.05, 4.69) is 24.7 Å². The fraction of sp³-hybridized carbons (Fsp3) is 0.615. The molecule has 1 atom stereocenters. The molecule has 0 aromatic carbocycles. The molecule has 0 bridgehead atoms. The standard InChI is InChI=1S/C13H20N6O3S/c1-3-10-6-12(19-13(17-10)14-9-15-19)18-4-5-22-11(8-18)7-16-23(2,20)21/h6,9,11,16H,3-5,7-8H2,1-2H3. The number of anilines is 1. The lowest BCUT2D eigenvalue weighted by Crippen LogP contribution is -2.48. The van der Waals surface area contributed by atoms with Crippen LogP contribution in [0.5, 0.6) is 0 Å². The first-order valence-corrected chi connectivity index (χ1v) is 9.36. The first-order chi connectivity index (χ1) is 11.0. The molecule has 2 aromatic rings. The molecule has 1 aliphatic rings. The number of aromatic nitrogens is 4. The Morgan fingerprint density at radius 3 is 3.04 bits per heavy atom. The molecule has 0 radical (unpaired) electrons. The summed E-state index contributed by atoms with van der Waals surface area (Å²) in [5, 5.41) is 4.23. The van der Waals surface area contributed by atoms with Gasteiger partial charge in [0.1, 0.15) is 12.1 Å². The molecule has 0 aliphatic carbocycles. The molecule has 3 rings (SSSR count). The fourth-order valence-electron chi connectivity index (χ4n) is 2.55. The van der Waals surface area contributed by atoms with Crippen molar-refractivity contribution in [2.24, 2.45) is 0 Å². The van der Waals surface area contributed by atoms with Gasteiger partial charge in [-0.05, 0) is 6.42 Å². The minimum atomic E-state index is -3.23. The minimum Gasteiger partial charge on any atom is -0.373 e. The molecule has 1 saturated heterocycles. The lowest BCUT2D eigenvalue weighted by Gasteiger charge is -2.34. The Morgan fingerprint density at radius 2 is 2.30 bits per heavy atom. The second-order valence-electron chi connectivity index (χ2n) is 5.49. The number of hydrogen-bond acceptors (Lipinski definition) is 7. The van der Waals surface area contributed by atoms with Crippen LogP contribution in [0.3, 0.4) is 0 Å². The fourth-order valence-corrected chi connectivity index (χ4v) is 3.03. The first-order valence-electron chi connectivity index (χ1n) is 7.47. The predicted molar refractivity (Wildman–Crippen MR) is 85.0 cm³/mol. The third kappa shape index (κ3) is 3.77. The van der Waals surface area contributed by atoms with Crippen LogP contribution in [0.4, 0.5) is 5.82 Å². The molecule has 10 heteroatoms. The van der Waals surface area contributed by atoms with Crippen molar-refractivity contribution in [1.29, 1.82) is 0 Å². The first kappa shape index (κ1) is 16.1. The normalized spacial score (nSPS) is 19.4. The summed E-state index contributed by atoms with van der Waals surface area (Å²) in [7, 11) is -3.23. The summed E-state index contributed by atoms with van der Waals surface area (Å²) in [5.41, 5.74) is 0.942. The van der Waals surface area contributed by atoms with Gasteiger partial charge in [0.2, 0.25) is 10.0 Å². The van der Waals surface area contributed by atoms with Crippen LogP contribution in [0.15, 0.2) is 12.4 Å². The molecule has 23 heavy (non-hydrogen) atoms. The van der Waals surface area contributed by atoms with Crippen LogP contribution >= 0.6 is 0 Å². The van der Waals surface area contributed by atoms with E-state index in [1.165, 1.54) is 6.33 Å². The molecular weight excluding hydrogens is 320 g/mol. The third-order valence-electron chi connectivity index (χ3n) is 3.68. The number of sulfonamides is 1. The number of fused-ring (bicyclic) bond motifs is 1. The maximum Gasteiger partial charge on any atom is 0.254 e. The van der Waals surface area contributed by atoms with E-state index in [1.54, 1.807) is 4.52 Å². The molecule has 9 nitrogen and oxygen atoms in total. The van der Waals surface area contributed by atoms with Gasteiger partial charge in [0, 0.05) is 31.4 Å². The summed E-state index contributed by atoms with van der Waals surface area (Å²) in [6.45, 7) is 4.09. The summed E-state index contributed by atoms with van der Waals surface area (Å²) < 4.78 is 32.3. The highest BCUT2D eigenvalue weighted by atomic mass is 32.2. The molecule has 1 fully saturated rings. The number of nitrogens with zero attached hydrogens (tertiary/aromatic N) is 5. The van der Waals surface area contributed by atoms with Crippen LogP contribution in [-0.2, 0) is 21.2 Å². The van der Waals surface area contributed by atoms with Gasteiger partial charge in [0.05, 0.1) is 19.0 Å². The van der Waals surface area contributed by atoms with Crippen molar-refractivity contribution >= 4 is 21.6 Å². The van der Waals surface area contributed by atoms with Crippen LogP contribution in [0.1, 0.15) is 12.6 Å². The van der Waals surface area contributed by atoms with E-state index in [1.807, 2.05) is 13.0 Å². The molecule has 1 unspecified atom stereocenters. The van der Waals surface area contributed by atoms with Crippen LogP contribution < -0.4 is 9.62 Å². The van der Waals surface area contributed by atoms with Crippen LogP contribution in [0.25, 0.3) is 5.78 Å². The highest BCUT2D eigenvalue weighted by Gasteiger charge is 2.24. The summed E-state index contributed by atoms with van der Waals surface area (Å²) in [6, 6.07) is 1.99. The topological polar surface area (TPSA) is 102 Å². The Balaban J connectivity index is 1.82. The van der Waals surface area contributed by atoms with Gasteiger partial charge in [0.25, 0.3) is 5.78 Å². The van der Waals surface area contributed by atoms with E-state index in [4.69, 9.17) is 4.74 Å². The molecule has 0 spiro atoms. The lowest BCUT2D eigenvalue weighted by molar-refractivity contribution is 0.0438. The zero-order valence-corrected chi connectivity index (χ0v) is 14.0. The van der Waals surface area contributed by atoms with Crippen LogP contribution in [0, 0.1) is 0 Å². The highest BCUT2D eigenvalue weighted by Crippen LogP contribution is 2.19. The molecule has 0 saturated carbocycles. The van der Waals surface area contributed by atoms with Crippen molar-refractivity contribution < 1.29 is 13.2 Å². The Kier molecular flexibility index (Phi) is 4.46. The largest absolute Gasteiger partial charge is 0.373 e. The van der Waals surface area contributed by atoms with Crippen molar-refractivity contribution in [1.82, 2.24) is 24.3 Å². The molecule has 126 valence electrons. The van der Waals surface area contributed by atoms with Gasteiger partial charge in [-0.25, -0.2) is 18.1 Å². The van der Waals surface area contributed by atoms with Crippen molar-refractivity contribution in [2.45, 2.75) is 19.4 Å². The Bertz CT molecular complexity index is 790. The van der Waals surface area contributed by atoms with Crippen molar-refractivity contribution in [3.05, 3.63) is 18.1 Å². The number of rotatable bonds is 5. The van der Waals surface area contributed by atoms with E-state index < -0.39 is 10.0 Å². The molecular formula is C13H20N6O3S. The number of morpholine rings is 1. The second kappa shape index (κ2) is 6.38. The zero-order valence-electron chi connectivity index (χ0n) is 13.1. The lowest BCUT2D eigenvalue weighted by atomic mass is 10.2. The summed E-state index contributed by atoms with van der Waals surface area (Å²) >= 11 is 0. The van der Waals surface area contributed by atoms with Gasteiger partial charge in [-0.2, -0.15) is 14.6 Å². The maximum atomic E-state index is 11.2. The number of aryl methyl sites for hydroxylation is 1. The number of hydrogen-bond donors (Lipinski definition) is 1. The monoisotopic (exact) mass is 340 g/mol. The van der Waals surface area contributed by atoms with Gasteiger partial charge < -0.3 is 9.64 Å². The van der Waals surface area contributed by atoms with E-state index in [9.17, 15) is 8.42 Å². The Morgan fingerprint density at radius 1 is 1.48 bits per heavy atom. The predicted octanol–water partition coefficient (Wildman–Crippen LogP) is -0.559. The minimum absolute atomic E-state index is 0.213. The van der Waals surface area contributed by atoms with Crippen LogP contribution in [-0.4, -0.2) is 66.6 Å². The summed E-state index contributed by atoms with van der Waals surface area (Å²) in [5.74, 6) is 1.47. The van der Waals surface area contributed by atoms with E-state index in [0.29, 0.717) is 25.5 Å². The number of ether oxygens (including phenoxy) is 1.